The molecule has 126 valence electrons. The summed E-state index contributed by atoms with van der Waals surface area (Å²) in [7, 11) is 0. The standard InChI is InChI=1S/C19H22FN3O/c20-15-7-5-13(6-8-15)17(24)12-16-2-1-11-23(16)18-9-10-21-19(22-18)14-3-4-14/h5-10,14,16-17,24H,1-4,11-12H2/t16-,17+/m1/s1. The van der Waals surface area contributed by atoms with Crippen LogP contribution in [0, 0.1) is 5.82 Å². The maximum Gasteiger partial charge on any atom is 0.133 e. The number of aliphatic hydroxyl groups is 1. The molecule has 1 aromatic carbocycles. The lowest BCUT2D eigenvalue weighted by atomic mass is 10.0. The van der Waals surface area contributed by atoms with E-state index in [4.69, 9.17) is 4.98 Å². The summed E-state index contributed by atoms with van der Waals surface area (Å²) in [6.45, 7) is 0.960. The van der Waals surface area contributed by atoms with E-state index in [9.17, 15) is 9.50 Å². The molecule has 4 rings (SSSR count). The van der Waals surface area contributed by atoms with E-state index in [0.29, 0.717) is 12.3 Å². The molecule has 1 saturated heterocycles. The van der Waals surface area contributed by atoms with E-state index in [2.05, 4.69) is 9.88 Å². The molecule has 0 bridgehead atoms. The van der Waals surface area contributed by atoms with Crippen molar-refractivity contribution in [1.82, 2.24) is 9.97 Å². The van der Waals surface area contributed by atoms with Gasteiger partial charge in [-0.25, -0.2) is 14.4 Å². The third-order valence-corrected chi connectivity index (χ3v) is 5.02. The molecule has 2 aromatic rings. The average molecular weight is 327 g/mol. The summed E-state index contributed by atoms with van der Waals surface area (Å²) in [5.74, 6) is 2.19. The zero-order chi connectivity index (χ0) is 16.5. The van der Waals surface area contributed by atoms with Crippen molar-refractivity contribution in [2.24, 2.45) is 0 Å². The monoisotopic (exact) mass is 327 g/mol. The smallest absolute Gasteiger partial charge is 0.133 e. The first-order valence-electron chi connectivity index (χ1n) is 8.74. The second-order valence-electron chi connectivity index (χ2n) is 6.84. The molecular formula is C19H22FN3O. The molecule has 1 aliphatic carbocycles. The lowest BCUT2D eigenvalue weighted by molar-refractivity contribution is 0.158. The van der Waals surface area contributed by atoms with Crippen LogP contribution in [-0.2, 0) is 0 Å². The minimum absolute atomic E-state index is 0.256. The molecule has 4 nitrogen and oxygen atoms in total. The Bertz CT molecular complexity index is 702. The van der Waals surface area contributed by atoms with E-state index in [1.54, 1.807) is 12.1 Å². The molecule has 1 N–H and O–H groups in total. The maximum atomic E-state index is 13.0. The van der Waals surface area contributed by atoms with Crippen molar-refractivity contribution in [3.05, 3.63) is 53.7 Å². The van der Waals surface area contributed by atoms with Gasteiger partial charge in [0.1, 0.15) is 17.5 Å². The van der Waals surface area contributed by atoms with Crippen LogP contribution in [-0.4, -0.2) is 27.7 Å². The molecule has 1 saturated carbocycles. The summed E-state index contributed by atoms with van der Waals surface area (Å²) in [4.78, 5) is 11.4. The van der Waals surface area contributed by atoms with Crippen molar-refractivity contribution in [2.75, 3.05) is 11.4 Å². The Hall–Kier alpha value is -2.01. The SMILES string of the molecule is O[C@@H](C[C@H]1CCCN1c1ccnc(C2CC2)n1)c1ccc(F)cc1. The molecule has 24 heavy (non-hydrogen) atoms. The van der Waals surface area contributed by atoms with Gasteiger partial charge in [-0.1, -0.05) is 12.1 Å². The summed E-state index contributed by atoms with van der Waals surface area (Å²) in [5, 5.41) is 10.5. The summed E-state index contributed by atoms with van der Waals surface area (Å²) in [6, 6.07) is 8.35. The van der Waals surface area contributed by atoms with E-state index in [-0.39, 0.29) is 11.9 Å². The zero-order valence-corrected chi connectivity index (χ0v) is 13.6. The van der Waals surface area contributed by atoms with Crippen LogP contribution in [0.15, 0.2) is 36.5 Å². The Balaban J connectivity index is 1.48. The van der Waals surface area contributed by atoms with Crippen molar-refractivity contribution >= 4 is 5.82 Å². The predicted octanol–water partition coefficient (Wildman–Crippen LogP) is 3.59. The van der Waals surface area contributed by atoms with Crippen molar-refractivity contribution < 1.29 is 9.50 Å². The number of rotatable bonds is 5. The Morgan fingerprint density at radius 3 is 2.71 bits per heavy atom. The van der Waals surface area contributed by atoms with Gasteiger partial charge in [-0.05, 0) is 55.9 Å². The van der Waals surface area contributed by atoms with Gasteiger partial charge in [-0.3, -0.25) is 0 Å². The normalized spacial score (nSPS) is 21.9. The van der Waals surface area contributed by atoms with Crippen LogP contribution in [0.4, 0.5) is 10.2 Å². The first-order chi connectivity index (χ1) is 11.7. The summed E-state index contributed by atoms with van der Waals surface area (Å²) < 4.78 is 13.0. The van der Waals surface area contributed by atoms with E-state index < -0.39 is 6.10 Å². The van der Waals surface area contributed by atoms with Crippen LogP contribution in [0.3, 0.4) is 0 Å². The van der Waals surface area contributed by atoms with Crippen LogP contribution >= 0.6 is 0 Å². The number of halogens is 1. The molecule has 2 aliphatic rings. The number of aromatic nitrogens is 2. The number of hydrogen-bond acceptors (Lipinski definition) is 4. The van der Waals surface area contributed by atoms with Gasteiger partial charge >= 0.3 is 0 Å². The fraction of sp³-hybridized carbons (Fsp3) is 0.474. The zero-order valence-electron chi connectivity index (χ0n) is 13.6. The summed E-state index contributed by atoms with van der Waals surface area (Å²) in [6.07, 6.45) is 6.42. The lowest BCUT2D eigenvalue weighted by Gasteiger charge is -2.27. The van der Waals surface area contributed by atoms with Crippen LogP contribution in [0.2, 0.25) is 0 Å². The van der Waals surface area contributed by atoms with Gasteiger partial charge in [-0.2, -0.15) is 0 Å². The Morgan fingerprint density at radius 2 is 1.96 bits per heavy atom. The molecule has 2 atom stereocenters. The Kier molecular flexibility index (Phi) is 4.19. The first kappa shape index (κ1) is 15.5. The van der Waals surface area contributed by atoms with Crippen LogP contribution < -0.4 is 4.90 Å². The molecule has 0 unspecified atom stereocenters. The van der Waals surface area contributed by atoms with Gasteiger partial charge in [0.15, 0.2) is 0 Å². The number of aliphatic hydroxyl groups excluding tert-OH is 1. The molecule has 1 aromatic heterocycles. The average Bonchev–Trinajstić information content (AvgIpc) is 3.35. The first-order valence-corrected chi connectivity index (χ1v) is 8.74. The molecule has 2 heterocycles. The highest BCUT2D eigenvalue weighted by atomic mass is 19.1. The quantitative estimate of drug-likeness (QED) is 0.912. The number of hydrogen-bond donors (Lipinski definition) is 1. The van der Waals surface area contributed by atoms with E-state index in [0.717, 1.165) is 36.6 Å². The fourth-order valence-corrected chi connectivity index (χ4v) is 3.52. The highest BCUT2D eigenvalue weighted by molar-refractivity contribution is 5.41. The van der Waals surface area contributed by atoms with Gasteiger partial charge in [0, 0.05) is 24.7 Å². The van der Waals surface area contributed by atoms with E-state index >= 15 is 0 Å². The fourth-order valence-electron chi connectivity index (χ4n) is 3.52. The molecule has 5 heteroatoms. The second kappa shape index (κ2) is 6.48. The third kappa shape index (κ3) is 3.26. The van der Waals surface area contributed by atoms with E-state index in [1.165, 1.54) is 25.0 Å². The summed E-state index contributed by atoms with van der Waals surface area (Å²) in [5.41, 5.74) is 0.768. The van der Waals surface area contributed by atoms with E-state index in [1.807, 2.05) is 12.3 Å². The van der Waals surface area contributed by atoms with Gasteiger partial charge in [0.05, 0.1) is 6.10 Å². The molecule has 0 amide bonds. The topological polar surface area (TPSA) is 49.2 Å². The molecule has 1 aliphatic heterocycles. The van der Waals surface area contributed by atoms with Gasteiger partial charge in [0.25, 0.3) is 0 Å². The summed E-state index contributed by atoms with van der Waals surface area (Å²) >= 11 is 0. The number of nitrogens with zero attached hydrogens (tertiary/aromatic N) is 3. The molecular weight excluding hydrogens is 305 g/mol. The highest BCUT2D eigenvalue weighted by Gasteiger charge is 2.30. The number of benzene rings is 1. The minimum atomic E-state index is -0.582. The number of anilines is 1. The van der Waals surface area contributed by atoms with Gasteiger partial charge in [-0.15, -0.1) is 0 Å². The Labute approximate surface area is 141 Å². The van der Waals surface area contributed by atoms with Crippen LogP contribution in [0.5, 0.6) is 0 Å². The lowest BCUT2D eigenvalue weighted by Crippen LogP contribution is -2.31. The highest BCUT2D eigenvalue weighted by Crippen LogP contribution is 2.39. The largest absolute Gasteiger partial charge is 0.388 e. The molecule has 2 fully saturated rings. The van der Waals surface area contributed by atoms with Crippen LogP contribution in [0.25, 0.3) is 0 Å². The van der Waals surface area contributed by atoms with Crippen molar-refractivity contribution in [2.45, 2.75) is 50.2 Å². The third-order valence-electron chi connectivity index (χ3n) is 5.02. The molecule has 0 spiro atoms. The van der Waals surface area contributed by atoms with Crippen molar-refractivity contribution in [3.63, 3.8) is 0 Å². The molecule has 0 radical (unpaired) electrons. The second-order valence-corrected chi connectivity index (χ2v) is 6.84. The van der Waals surface area contributed by atoms with Crippen molar-refractivity contribution in [1.29, 1.82) is 0 Å². The maximum absolute atomic E-state index is 13.0. The minimum Gasteiger partial charge on any atom is -0.388 e. The van der Waals surface area contributed by atoms with Gasteiger partial charge < -0.3 is 10.0 Å². The Morgan fingerprint density at radius 1 is 1.17 bits per heavy atom. The van der Waals surface area contributed by atoms with Crippen LogP contribution in [0.1, 0.15) is 55.5 Å². The van der Waals surface area contributed by atoms with Gasteiger partial charge in [0.2, 0.25) is 0 Å². The predicted molar refractivity (Wildman–Crippen MR) is 90.4 cm³/mol. The van der Waals surface area contributed by atoms with Crippen molar-refractivity contribution in [3.8, 4) is 0 Å².